The number of aryl methyl sites for hydroxylation is 1. The number of nitrogens with one attached hydrogen (secondary N) is 1. The Morgan fingerprint density at radius 2 is 1.79 bits per heavy atom. The number of carbonyl (C=O) groups is 2. The van der Waals surface area contributed by atoms with Crippen molar-refractivity contribution in [3.8, 4) is 11.3 Å². The summed E-state index contributed by atoms with van der Waals surface area (Å²) in [6.45, 7) is 0.493. The first-order valence-corrected chi connectivity index (χ1v) is 10.6. The molecule has 0 atom stereocenters. The summed E-state index contributed by atoms with van der Waals surface area (Å²) in [7, 11) is 2.82. The lowest BCUT2D eigenvalue weighted by molar-refractivity contribution is -0.384. The Labute approximate surface area is 191 Å². The SMILES string of the molecule is COC(=O)c1cc(C(=O)N(C)CCCCCc2cc(-c3ccccc3)n[nH]2)cc([N+](=O)[O-])c1. The summed E-state index contributed by atoms with van der Waals surface area (Å²) in [5.74, 6) is -1.12. The number of unbranched alkanes of at least 4 members (excludes halogenated alkanes) is 2. The number of hydrogen-bond acceptors (Lipinski definition) is 6. The number of nitrogens with zero attached hydrogens (tertiary/aromatic N) is 3. The van der Waals surface area contributed by atoms with Crippen LogP contribution in [0.25, 0.3) is 11.3 Å². The van der Waals surface area contributed by atoms with E-state index < -0.39 is 10.9 Å². The predicted molar refractivity (Wildman–Crippen MR) is 123 cm³/mol. The van der Waals surface area contributed by atoms with Gasteiger partial charge in [0.05, 0.1) is 23.3 Å². The fourth-order valence-electron chi connectivity index (χ4n) is 3.49. The van der Waals surface area contributed by atoms with E-state index in [0.717, 1.165) is 48.7 Å². The standard InChI is InChI=1S/C24H26N4O5/c1-27(23(29)18-13-19(24(30)33-2)15-21(14-18)28(31)32)12-8-4-7-11-20-16-22(26-25-20)17-9-5-3-6-10-17/h3,5-6,9-10,13-16H,4,7-8,11-12H2,1-2H3,(H,25,26). The average Bonchev–Trinajstić information content (AvgIpc) is 3.31. The highest BCUT2D eigenvalue weighted by molar-refractivity contribution is 5.98. The first-order chi connectivity index (χ1) is 15.9. The molecule has 0 radical (unpaired) electrons. The lowest BCUT2D eigenvalue weighted by atomic mass is 10.1. The quantitative estimate of drug-likeness (QED) is 0.213. The van der Waals surface area contributed by atoms with Gasteiger partial charge in [0, 0.05) is 42.5 Å². The summed E-state index contributed by atoms with van der Waals surface area (Å²) in [4.78, 5) is 36.6. The van der Waals surface area contributed by atoms with Gasteiger partial charge in [0.25, 0.3) is 11.6 Å². The Hall–Kier alpha value is -4.01. The minimum atomic E-state index is -0.732. The Morgan fingerprint density at radius 3 is 2.48 bits per heavy atom. The number of aromatic nitrogens is 2. The third-order valence-electron chi connectivity index (χ3n) is 5.28. The van der Waals surface area contributed by atoms with Gasteiger partial charge in [-0.2, -0.15) is 5.10 Å². The number of nitro benzene ring substituents is 1. The van der Waals surface area contributed by atoms with Crippen molar-refractivity contribution in [2.24, 2.45) is 0 Å². The summed E-state index contributed by atoms with van der Waals surface area (Å²) < 4.78 is 4.63. The minimum absolute atomic E-state index is 0.0297. The van der Waals surface area contributed by atoms with Crippen LogP contribution in [0, 0.1) is 10.1 Å². The molecule has 0 spiro atoms. The zero-order chi connectivity index (χ0) is 23.8. The minimum Gasteiger partial charge on any atom is -0.465 e. The Balaban J connectivity index is 1.50. The van der Waals surface area contributed by atoms with E-state index in [1.54, 1.807) is 7.05 Å². The normalized spacial score (nSPS) is 10.6. The number of methoxy groups -OCH3 is 1. The van der Waals surface area contributed by atoms with Crippen molar-refractivity contribution >= 4 is 17.6 Å². The second-order valence-electron chi connectivity index (χ2n) is 7.70. The van der Waals surface area contributed by atoms with Crippen molar-refractivity contribution < 1.29 is 19.2 Å². The van der Waals surface area contributed by atoms with Crippen LogP contribution in [0.3, 0.4) is 0 Å². The molecule has 0 aliphatic rings. The van der Waals surface area contributed by atoms with Crippen molar-refractivity contribution in [2.75, 3.05) is 20.7 Å². The van der Waals surface area contributed by atoms with Crippen molar-refractivity contribution in [1.82, 2.24) is 15.1 Å². The second-order valence-corrected chi connectivity index (χ2v) is 7.70. The Kier molecular flexibility index (Phi) is 7.91. The molecule has 1 amide bonds. The highest BCUT2D eigenvalue weighted by atomic mass is 16.6. The highest BCUT2D eigenvalue weighted by Gasteiger charge is 2.20. The van der Waals surface area contributed by atoms with Crippen molar-refractivity contribution in [3.63, 3.8) is 0 Å². The number of nitro groups is 1. The summed E-state index contributed by atoms with van der Waals surface area (Å²) in [6.07, 6.45) is 3.47. The van der Waals surface area contributed by atoms with Gasteiger partial charge in [-0.1, -0.05) is 36.8 Å². The van der Waals surface area contributed by atoms with Crippen molar-refractivity contribution in [3.05, 3.63) is 81.5 Å². The number of H-pyrrole nitrogens is 1. The van der Waals surface area contributed by atoms with Crippen LogP contribution in [0.15, 0.2) is 54.6 Å². The summed E-state index contributed by atoms with van der Waals surface area (Å²) in [6, 6.07) is 15.6. The molecule has 2 aromatic carbocycles. The van der Waals surface area contributed by atoms with E-state index >= 15 is 0 Å². The van der Waals surface area contributed by atoms with Crippen LogP contribution in [0.1, 0.15) is 45.7 Å². The van der Waals surface area contributed by atoms with Gasteiger partial charge in [-0.25, -0.2) is 4.79 Å². The molecular formula is C24H26N4O5. The molecule has 0 aliphatic carbocycles. The number of aromatic amines is 1. The van der Waals surface area contributed by atoms with E-state index in [-0.39, 0.29) is 22.7 Å². The van der Waals surface area contributed by atoms with Crippen LogP contribution in [-0.4, -0.2) is 52.6 Å². The first-order valence-electron chi connectivity index (χ1n) is 10.6. The summed E-state index contributed by atoms with van der Waals surface area (Å²) in [5, 5.41) is 18.6. The number of esters is 1. The fraction of sp³-hybridized carbons (Fsp3) is 0.292. The molecule has 0 fully saturated rings. The van der Waals surface area contributed by atoms with E-state index in [2.05, 4.69) is 14.9 Å². The van der Waals surface area contributed by atoms with Gasteiger partial charge >= 0.3 is 5.97 Å². The van der Waals surface area contributed by atoms with Gasteiger partial charge in [0.15, 0.2) is 0 Å². The molecule has 0 aliphatic heterocycles. The molecule has 3 rings (SSSR count). The molecule has 3 aromatic rings. The smallest absolute Gasteiger partial charge is 0.338 e. The van der Waals surface area contributed by atoms with Gasteiger partial charge in [-0.05, 0) is 31.4 Å². The number of rotatable bonds is 10. The Morgan fingerprint density at radius 1 is 1.06 bits per heavy atom. The molecule has 0 bridgehead atoms. The molecule has 9 nitrogen and oxygen atoms in total. The number of ether oxygens (including phenoxy) is 1. The molecule has 1 aromatic heterocycles. The van der Waals surface area contributed by atoms with Crippen molar-refractivity contribution in [1.29, 1.82) is 0 Å². The molecule has 1 N–H and O–H groups in total. The van der Waals surface area contributed by atoms with E-state index in [9.17, 15) is 19.7 Å². The highest BCUT2D eigenvalue weighted by Crippen LogP contribution is 2.20. The van der Waals surface area contributed by atoms with Gasteiger partial charge in [-0.15, -0.1) is 0 Å². The van der Waals surface area contributed by atoms with Crippen molar-refractivity contribution in [2.45, 2.75) is 25.7 Å². The molecule has 1 heterocycles. The average molecular weight is 450 g/mol. The van der Waals surface area contributed by atoms with Gasteiger partial charge in [0.1, 0.15) is 0 Å². The number of benzene rings is 2. The second kappa shape index (κ2) is 11.0. The van der Waals surface area contributed by atoms with E-state index in [4.69, 9.17) is 0 Å². The monoisotopic (exact) mass is 450 g/mol. The lowest BCUT2D eigenvalue weighted by Gasteiger charge is -2.17. The van der Waals surface area contributed by atoms with Gasteiger partial charge in [-0.3, -0.25) is 20.0 Å². The largest absolute Gasteiger partial charge is 0.465 e. The number of non-ortho nitro benzene ring substituents is 1. The van der Waals surface area contributed by atoms with E-state index in [0.29, 0.717) is 6.54 Å². The van der Waals surface area contributed by atoms with Crippen LogP contribution in [-0.2, 0) is 11.2 Å². The Bertz CT molecular complexity index is 1130. The summed E-state index contributed by atoms with van der Waals surface area (Å²) in [5.41, 5.74) is 2.76. The predicted octanol–water partition coefficient (Wildman–Crippen LogP) is 4.26. The van der Waals surface area contributed by atoms with Crippen LogP contribution < -0.4 is 0 Å². The first kappa shape index (κ1) is 23.6. The number of hydrogen-bond donors (Lipinski definition) is 1. The number of carbonyl (C=O) groups excluding carboxylic acids is 2. The molecule has 172 valence electrons. The fourth-order valence-corrected chi connectivity index (χ4v) is 3.49. The van der Waals surface area contributed by atoms with Crippen LogP contribution in [0.5, 0.6) is 0 Å². The summed E-state index contributed by atoms with van der Waals surface area (Å²) >= 11 is 0. The maximum atomic E-state index is 12.7. The van der Waals surface area contributed by atoms with Gasteiger partial charge in [0.2, 0.25) is 0 Å². The van der Waals surface area contributed by atoms with Crippen LogP contribution in [0.4, 0.5) is 5.69 Å². The maximum Gasteiger partial charge on any atom is 0.338 e. The van der Waals surface area contributed by atoms with Crippen LogP contribution >= 0.6 is 0 Å². The maximum absolute atomic E-state index is 12.7. The molecule has 33 heavy (non-hydrogen) atoms. The molecule has 0 saturated carbocycles. The molecule has 9 heteroatoms. The third-order valence-corrected chi connectivity index (χ3v) is 5.28. The topological polar surface area (TPSA) is 118 Å². The van der Waals surface area contributed by atoms with Gasteiger partial charge < -0.3 is 9.64 Å². The lowest BCUT2D eigenvalue weighted by Crippen LogP contribution is -2.28. The van der Waals surface area contributed by atoms with E-state index in [1.807, 2.05) is 36.4 Å². The van der Waals surface area contributed by atoms with E-state index in [1.165, 1.54) is 24.1 Å². The molecule has 0 saturated heterocycles. The zero-order valence-corrected chi connectivity index (χ0v) is 18.6. The van der Waals surface area contributed by atoms with Crippen LogP contribution in [0.2, 0.25) is 0 Å². The molecular weight excluding hydrogens is 424 g/mol. The molecule has 0 unspecified atom stereocenters. The third kappa shape index (κ3) is 6.25. The number of amides is 1. The zero-order valence-electron chi connectivity index (χ0n) is 18.6.